The molecule has 0 spiro atoms. The van der Waals surface area contributed by atoms with Crippen molar-refractivity contribution in [2.24, 2.45) is 0 Å². The topological polar surface area (TPSA) is 66.0 Å². The van der Waals surface area contributed by atoms with Gasteiger partial charge in [-0.05, 0) is 47.9 Å². The molecule has 0 bridgehead atoms. The second kappa shape index (κ2) is 4.55. The maximum Gasteiger partial charge on any atom is 0.220 e. The minimum Gasteiger partial charge on any atom is -0.504 e. The summed E-state index contributed by atoms with van der Waals surface area (Å²) in [6.45, 7) is 0. The molecule has 5 rings (SSSR count). The molecule has 114 valence electrons. The molecule has 3 aromatic carbocycles. The van der Waals surface area contributed by atoms with Gasteiger partial charge in [0.1, 0.15) is 0 Å². The largest absolute Gasteiger partial charge is 0.504 e. The number of para-hydroxylation sites is 1. The first-order valence-electron chi connectivity index (χ1n) is 7.68. The van der Waals surface area contributed by atoms with Gasteiger partial charge < -0.3 is 10.1 Å². The second-order valence-electron chi connectivity index (χ2n) is 5.92. The van der Waals surface area contributed by atoms with E-state index in [1.54, 1.807) is 6.07 Å². The van der Waals surface area contributed by atoms with Crippen LogP contribution in [0.25, 0.3) is 43.6 Å². The fourth-order valence-corrected chi connectivity index (χ4v) is 3.27. The zero-order valence-electron chi connectivity index (χ0n) is 12.6. The highest BCUT2D eigenvalue weighted by atomic mass is 16.3. The average Bonchev–Trinajstić information content (AvgIpc) is 2.62. The standard InChI is InChI=1S/C20H12N2O2/c23-19-8-7-18-14(20(19)24)10-13-12-9-11-3-1-2-4-15(11)21-16(12)5-6-17(13)22-18/h1-10,21,24H. The minimum atomic E-state index is -0.388. The fourth-order valence-electron chi connectivity index (χ4n) is 3.27. The number of pyridine rings is 2. The van der Waals surface area contributed by atoms with Gasteiger partial charge in [0.05, 0.1) is 11.0 Å². The Morgan fingerprint density at radius 3 is 2.50 bits per heavy atom. The number of aromatic nitrogens is 2. The Morgan fingerprint density at radius 1 is 0.792 bits per heavy atom. The third-order valence-electron chi connectivity index (χ3n) is 4.48. The molecule has 2 aromatic heterocycles. The molecule has 4 nitrogen and oxygen atoms in total. The summed E-state index contributed by atoms with van der Waals surface area (Å²) in [5.41, 5.74) is 3.10. The number of nitrogens with zero attached hydrogens (tertiary/aromatic N) is 1. The van der Waals surface area contributed by atoms with E-state index in [0.717, 1.165) is 32.7 Å². The molecule has 0 unspecified atom stereocenters. The van der Waals surface area contributed by atoms with Crippen molar-refractivity contribution in [1.29, 1.82) is 0 Å². The summed E-state index contributed by atoms with van der Waals surface area (Å²) in [5, 5.41) is 13.6. The quantitative estimate of drug-likeness (QED) is 0.334. The molecule has 0 fully saturated rings. The molecule has 5 aromatic rings. The highest BCUT2D eigenvalue weighted by Crippen LogP contribution is 2.30. The van der Waals surface area contributed by atoms with Crippen molar-refractivity contribution in [1.82, 2.24) is 9.97 Å². The maximum atomic E-state index is 11.7. The van der Waals surface area contributed by atoms with Gasteiger partial charge in [-0.1, -0.05) is 18.2 Å². The first-order chi connectivity index (χ1) is 11.7. The molecular formula is C20H12N2O2. The van der Waals surface area contributed by atoms with Crippen LogP contribution in [-0.2, 0) is 0 Å². The van der Waals surface area contributed by atoms with Crippen LogP contribution in [0.3, 0.4) is 0 Å². The SMILES string of the molecule is O=c1ccc2nc3ccc4[nH]c5ccccc5cc4c3cc2c1O. The molecule has 2 heterocycles. The number of phenolic OH excluding ortho intramolecular Hbond substituents is 1. The predicted molar refractivity (Wildman–Crippen MR) is 96.5 cm³/mol. The lowest BCUT2D eigenvalue weighted by molar-refractivity contribution is 0.477. The van der Waals surface area contributed by atoms with E-state index in [1.165, 1.54) is 6.07 Å². The van der Waals surface area contributed by atoms with Crippen molar-refractivity contribution in [3.8, 4) is 5.75 Å². The normalized spacial score (nSPS) is 11.7. The lowest BCUT2D eigenvalue weighted by Crippen LogP contribution is -1.98. The van der Waals surface area contributed by atoms with Crippen LogP contribution in [0.1, 0.15) is 0 Å². The highest BCUT2D eigenvalue weighted by molar-refractivity contribution is 6.11. The maximum absolute atomic E-state index is 11.7. The van der Waals surface area contributed by atoms with Gasteiger partial charge in [-0.2, -0.15) is 0 Å². The number of hydrogen-bond acceptors (Lipinski definition) is 3. The fraction of sp³-hybridized carbons (Fsp3) is 0. The van der Waals surface area contributed by atoms with Crippen LogP contribution in [0.5, 0.6) is 5.75 Å². The number of phenols is 1. The van der Waals surface area contributed by atoms with Crippen LogP contribution in [0.15, 0.2) is 65.5 Å². The van der Waals surface area contributed by atoms with E-state index in [9.17, 15) is 9.90 Å². The Morgan fingerprint density at radius 2 is 1.58 bits per heavy atom. The summed E-state index contributed by atoms with van der Waals surface area (Å²) in [6.07, 6.45) is 0. The molecule has 0 radical (unpaired) electrons. The average molecular weight is 312 g/mol. The van der Waals surface area contributed by atoms with Crippen molar-refractivity contribution in [3.63, 3.8) is 0 Å². The van der Waals surface area contributed by atoms with Gasteiger partial charge in [0.25, 0.3) is 0 Å². The van der Waals surface area contributed by atoms with E-state index < -0.39 is 0 Å². The Bertz CT molecular complexity index is 1340. The third kappa shape index (κ3) is 1.74. The Balaban J connectivity index is 2.01. The second-order valence-corrected chi connectivity index (χ2v) is 5.92. The van der Waals surface area contributed by atoms with E-state index >= 15 is 0 Å². The molecule has 0 saturated carbocycles. The molecule has 0 aliphatic rings. The van der Waals surface area contributed by atoms with Gasteiger partial charge in [0.15, 0.2) is 5.75 Å². The number of benzene rings is 3. The number of H-pyrrole nitrogens is 1. The van der Waals surface area contributed by atoms with Crippen LogP contribution < -0.4 is 5.43 Å². The number of rotatable bonds is 0. The van der Waals surface area contributed by atoms with Crippen molar-refractivity contribution in [2.45, 2.75) is 0 Å². The van der Waals surface area contributed by atoms with Gasteiger partial charge in [-0.25, -0.2) is 4.98 Å². The van der Waals surface area contributed by atoms with Gasteiger partial charge >= 0.3 is 0 Å². The molecule has 24 heavy (non-hydrogen) atoms. The van der Waals surface area contributed by atoms with E-state index in [1.807, 2.05) is 42.5 Å². The zero-order valence-corrected chi connectivity index (χ0v) is 12.6. The molecule has 0 aliphatic heterocycles. The number of hydrogen-bond donors (Lipinski definition) is 2. The van der Waals surface area contributed by atoms with Gasteiger partial charge in [-0.3, -0.25) is 4.79 Å². The van der Waals surface area contributed by atoms with E-state index in [4.69, 9.17) is 0 Å². The highest BCUT2D eigenvalue weighted by Gasteiger charge is 2.10. The third-order valence-corrected chi connectivity index (χ3v) is 4.48. The number of aromatic amines is 1. The Kier molecular flexibility index (Phi) is 2.48. The van der Waals surface area contributed by atoms with Gasteiger partial charge in [0.2, 0.25) is 5.43 Å². The molecule has 4 heteroatoms. The Labute approximate surface area is 136 Å². The Hall–Kier alpha value is -3.40. The van der Waals surface area contributed by atoms with Crippen LogP contribution in [0.4, 0.5) is 0 Å². The van der Waals surface area contributed by atoms with Crippen LogP contribution >= 0.6 is 0 Å². The lowest BCUT2D eigenvalue weighted by atomic mass is 10.0. The van der Waals surface area contributed by atoms with Crippen molar-refractivity contribution in [2.75, 3.05) is 0 Å². The molecule has 0 atom stereocenters. The smallest absolute Gasteiger partial charge is 0.220 e. The van der Waals surface area contributed by atoms with E-state index in [-0.39, 0.29) is 11.2 Å². The monoisotopic (exact) mass is 312 g/mol. The molecule has 0 saturated heterocycles. The van der Waals surface area contributed by atoms with Crippen molar-refractivity contribution in [3.05, 3.63) is 70.9 Å². The van der Waals surface area contributed by atoms with Crippen LogP contribution in [0.2, 0.25) is 0 Å². The first-order valence-corrected chi connectivity index (χ1v) is 7.68. The van der Waals surface area contributed by atoms with Crippen LogP contribution in [0, 0.1) is 0 Å². The summed E-state index contributed by atoms with van der Waals surface area (Å²) >= 11 is 0. The number of aromatic hydroxyl groups is 1. The minimum absolute atomic E-state index is 0.247. The summed E-state index contributed by atoms with van der Waals surface area (Å²) in [7, 11) is 0. The van der Waals surface area contributed by atoms with Gasteiger partial charge in [0, 0.05) is 27.2 Å². The predicted octanol–water partition coefficient (Wildman–Crippen LogP) is 4.09. The molecule has 2 N–H and O–H groups in total. The molecule has 0 amide bonds. The molecule has 0 aliphatic carbocycles. The summed E-state index contributed by atoms with van der Waals surface area (Å²) < 4.78 is 0. The lowest BCUT2D eigenvalue weighted by Gasteiger charge is -2.08. The zero-order chi connectivity index (χ0) is 16.3. The summed E-state index contributed by atoms with van der Waals surface area (Å²) in [6, 6.07) is 19.0. The molecular weight excluding hydrogens is 300 g/mol. The van der Waals surface area contributed by atoms with E-state index in [2.05, 4.69) is 16.0 Å². The first kappa shape index (κ1) is 13.1. The number of fused-ring (bicyclic) bond motifs is 5. The summed E-state index contributed by atoms with van der Waals surface area (Å²) in [5.74, 6) is -0.247. The van der Waals surface area contributed by atoms with Crippen molar-refractivity contribution >= 4 is 43.6 Å². The van der Waals surface area contributed by atoms with Crippen molar-refractivity contribution < 1.29 is 5.11 Å². The van der Waals surface area contributed by atoms with Gasteiger partial charge in [-0.15, -0.1) is 0 Å². The van der Waals surface area contributed by atoms with Crippen LogP contribution in [-0.4, -0.2) is 15.1 Å². The summed E-state index contributed by atoms with van der Waals surface area (Å²) in [4.78, 5) is 19.7. The number of nitrogens with one attached hydrogen (secondary N) is 1. The van der Waals surface area contributed by atoms with E-state index in [0.29, 0.717) is 10.9 Å².